The zero-order valence-electron chi connectivity index (χ0n) is 15.2. The van der Waals surface area contributed by atoms with E-state index in [0.29, 0.717) is 13.0 Å². The van der Waals surface area contributed by atoms with Crippen LogP contribution in [0.15, 0.2) is 4.99 Å². The molecule has 1 aliphatic heterocycles. The quantitative estimate of drug-likeness (QED) is 0.317. The van der Waals surface area contributed by atoms with E-state index < -0.39 is 5.41 Å². The molecule has 24 heavy (non-hydrogen) atoms. The Morgan fingerprint density at radius 2 is 2.04 bits per heavy atom. The summed E-state index contributed by atoms with van der Waals surface area (Å²) >= 11 is 0. The molecule has 0 saturated carbocycles. The van der Waals surface area contributed by atoms with E-state index in [4.69, 9.17) is 5.73 Å². The maximum absolute atomic E-state index is 11.9. The average Bonchev–Trinajstić information content (AvgIpc) is 2.50. The molecule has 1 fully saturated rings. The number of nitrogens with two attached hydrogens (primary N) is 1. The minimum Gasteiger partial charge on any atom is -0.370 e. The SMILES string of the molecule is CCNC(=NCC(C)(C)C(=O)NC)N1CCCC(CC(N)=O)C1.I. The van der Waals surface area contributed by atoms with Crippen molar-refractivity contribution in [3.8, 4) is 0 Å². The van der Waals surface area contributed by atoms with Gasteiger partial charge in [-0.05, 0) is 39.5 Å². The number of nitrogens with zero attached hydrogens (tertiary/aromatic N) is 2. The molecule has 140 valence electrons. The third kappa shape index (κ3) is 7.23. The van der Waals surface area contributed by atoms with Gasteiger partial charge < -0.3 is 21.3 Å². The Kier molecular flexibility index (Phi) is 10.3. The highest BCUT2D eigenvalue weighted by molar-refractivity contribution is 14.0. The van der Waals surface area contributed by atoms with Crippen LogP contribution in [-0.4, -0.2) is 55.9 Å². The van der Waals surface area contributed by atoms with E-state index in [1.165, 1.54) is 0 Å². The summed E-state index contributed by atoms with van der Waals surface area (Å²) in [6.07, 6.45) is 2.45. The summed E-state index contributed by atoms with van der Waals surface area (Å²) in [4.78, 5) is 29.8. The first-order chi connectivity index (χ1) is 10.8. The number of hydrogen-bond acceptors (Lipinski definition) is 3. The van der Waals surface area contributed by atoms with Gasteiger partial charge in [-0.15, -0.1) is 24.0 Å². The number of guanidine groups is 1. The van der Waals surface area contributed by atoms with E-state index in [2.05, 4.69) is 20.5 Å². The summed E-state index contributed by atoms with van der Waals surface area (Å²) in [6, 6.07) is 0. The van der Waals surface area contributed by atoms with Gasteiger partial charge >= 0.3 is 0 Å². The first kappa shape index (κ1) is 22.9. The minimum absolute atomic E-state index is 0. The zero-order chi connectivity index (χ0) is 17.5. The van der Waals surface area contributed by atoms with Crippen LogP contribution >= 0.6 is 24.0 Å². The van der Waals surface area contributed by atoms with Crippen LogP contribution in [0.2, 0.25) is 0 Å². The maximum Gasteiger partial charge on any atom is 0.227 e. The predicted molar refractivity (Wildman–Crippen MR) is 107 cm³/mol. The number of carbonyl (C=O) groups excluding carboxylic acids is 2. The molecule has 2 amide bonds. The van der Waals surface area contributed by atoms with Crippen LogP contribution in [0.25, 0.3) is 0 Å². The Labute approximate surface area is 162 Å². The third-order valence-electron chi connectivity index (χ3n) is 4.11. The standard InChI is InChI=1S/C16H31N5O2.HI/c1-5-19-15(20-11-16(2,3)14(23)18-4)21-8-6-7-12(10-21)9-13(17)22;/h12H,5-11H2,1-4H3,(H2,17,22)(H,18,23)(H,19,20);1H. The number of piperidine rings is 1. The summed E-state index contributed by atoms with van der Waals surface area (Å²) in [7, 11) is 1.64. The Bertz CT molecular complexity index is 454. The largest absolute Gasteiger partial charge is 0.370 e. The highest BCUT2D eigenvalue weighted by Gasteiger charge is 2.28. The fourth-order valence-corrected chi connectivity index (χ4v) is 2.82. The van der Waals surface area contributed by atoms with Crippen molar-refractivity contribution >= 4 is 41.8 Å². The highest BCUT2D eigenvalue weighted by atomic mass is 127. The molecule has 0 aliphatic carbocycles. The monoisotopic (exact) mass is 453 g/mol. The van der Waals surface area contributed by atoms with Gasteiger partial charge in [0.2, 0.25) is 11.8 Å². The Morgan fingerprint density at radius 1 is 1.38 bits per heavy atom. The number of primary amides is 1. The van der Waals surface area contributed by atoms with E-state index in [1.807, 2.05) is 20.8 Å². The summed E-state index contributed by atoms with van der Waals surface area (Å²) < 4.78 is 0. The first-order valence-corrected chi connectivity index (χ1v) is 8.34. The van der Waals surface area contributed by atoms with Crippen LogP contribution in [0, 0.1) is 11.3 Å². The number of rotatable bonds is 6. The molecule has 0 aromatic heterocycles. The molecule has 1 aliphatic rings. The molecule has 0 aromatic carbocycles. The number of halogens is 1. The van der Waals surface area contributed by atoms with Crippen molar-refractivity contribution in [1.82, 2.24) is 15.5 Å². The Hall–Kier alpha value is -1.06. The molecule has 1 heterocycles. The van der Waals surface area contributed by atoms with Crippen LogP contribution in [0.5, 0.6) is 0 Å². The molecular weight excluding hydrogens is 421 g/mol. The number of hydrogen-bond donors (Lipinski definition) is 3. The fraction of sp³-hybridized carbons (Fsp3) is 0.812. The summed E-state index contributed by atoms with van der Waals surface area (Å²) in [5, 5.41) is 5.96. The molecule has 0 bridgehead atoms. The fourth-order valence-electron chi connectivity index (χ4n) is 2.82. The van der Waals surface area contributed by atoms with E-state index in [-0.39, 0.29) is 41.7 Å². The number of aliphatic imine (C=N–C) groups is 1. The minimum atomic E-state index is -0.558. The highest BCUT2D eigenvalue weighted by Crippen LogP contribution is 2.20. The summed E-state index contributed by atoms with van der Waals surface area (Å²) in [5.74, 6) is 0.803. The van der Waals surface area contributed by atoms with Crippen molar-refractivity contribution in [3.05, 3.63) is 0 Å². The molecule has 1 atom stereocenters. The van der Waals surface area contributed by atoms with Crippen molar-refractivity contribution in [2.75, 3.05) is 33.2 Å². The molecular formula is C16H32IN5O2. The lowest BCUT2D eigenvalue weighted by Gasteiger charge is -2.35. The van der Waals surface area contributed by atoms with Crippen molar-refractivity contribution < 1.29 is 9.59 Å². The number of amides is 2. The van der Waals surface area contributed by atoms with Gasteiger partial charge in [-0.25, -0.2) is 0 Å². The normalized spacial score (nSPS) is 18.6. The molecule has 1 rings (SSSR count). The summed E-state index contributed by atoms with van der Waals surface area (Å²) in [6.45, 7) is 8.62. The average molecular weight is 453 g/mol. The first-order valence-electron chi connectivity index (χ1n) is 8.34. The number of carbonyl (C=O) groups is 2. The third-order valence-corrected chi connectivity index (χ3v) is 4.11. The van der Waals surface area contributed by atoms with Gasteiger partial charge in [0, 0.05) is 33.1 Å². The molecule has 0 aromatic rings. The molecule has 1 unspecified atom stereocenters. The van der Waals surface area contributed by atoms with Crippen LogP contribution in [0.4, 0.5) is 0 Å². The van der Waals surface area contributed by atoms with Gasteiger partial charge in [0.15, 0.2) is 5.96 Å². The molecule has 0 radical (unpaired) electrons. The molecule has 7 nitrogen and oxygen atoms in total. The van der Waals surface area contributed by atoms with Crippen molar-refractivity contribution in [3.63, 3.8) is 0 Å². The van der Waals surface area contributed by atoms with Gasteiger partial charge in [0.25, 0.3) is 0 Å². The van der Waals surface area contributed by atoms with Gasteiger partial charge in [-0.1, -0.05) is 0 Å². The number of likely N-dealkylation sites (tertiary alicyclic amines) is 1. The van der Waals surface area contributed by atoms with Crippen LogP contribution in [0.1, 0.15) is 40.0 Å². The van der Waals surface area contributed by atoms with E-state index in [1.54, 1.807) is 7.05 Å². The Morgan fingerprint density at radius 3 is 2.58 bits per heavy atom. The van der Waals surface area contributed by atoms with Gasteiger partial charge in [-0.3, -0.25) is 14.6 Å². The van der Waals surface area contributed by atoms with Crippen LogP contribution in [-0.2, 0) is 9.59 Å². The lowest BCUT2D eigenvalue weighted by Crippen LogP contribution is -2.48. The van der Waals surface area contributed by atoms with Crippen molar-refractivity contribution in [2.45, 2.75) is 40.0 Å². The van der Waals surface area contributed by atoms with Gasteiger partial charge in [0.05, 0.1) is 12.0 Å². The van der Waals surface area contributed by atoms with Gasteiger partial charge in [-0.2, -0.15) is 0 Å². The molecule has 4 N–H and O–H groups in total. The number of nitrogens with one attached hydrogen (secondary N) is 2. The zero-order valence-corrected chi connectivity index (χ0v) is 17.6. The van der Waals surface area contributed by atoms with E-state index >= 15 is 0 Å². The second-order valence-electron chi connectivity index (χ2n) is 6.76. The predicted octanol–water partition coefficient (Wildman–Crippen LogP) is 0.930. The second kappa shape index (κ2) is 10.7. The lowest BCUT2D eigenvalue weighted by atomic mass is 9.92. The smallest absolute Gasteiger partial charge is 0.227 e. The van der Waals surface area contributed by atoms with E-state index in [0.717, 1.165) is 38.4 Å². The van der Waals surface area contributed by atoms with Crippen LogP contribution < -0.4 is 16.4 Å². The molecule has 1 saturated heterocycles. The lowest BCUT2D eigenvalue weighted by molar-refractivity contribution is -0.128. The van der Waals surface area contributed by atoms with Crippen molar-refractivity contribution in [1.29, 1.82) is 0 Å². The van der Waals surface area contributed by atoms with Crippen molar-refractivity contribution in [2.24, 2.45) is 22.1 Å². The maximum atomic E-state index is 11.9. The van der Waals surface area contributed by atoms with Crippen LogP contribution in [0.3, 0.4) is 0 Å². The molecule has 8 heteroatoms. The second-order valence-corrected chi connectivity index (χ2v) is 6.76. The Balaban J connectivity index is 0.00000529. The van der Waals surface area contributed by atoms with Gasteiger partial charge in [0.1, 0.15) is 0 Å². The topological polar surface area (TPSA) is 99.8 Å². The molecule has 0 spiro atoms. The summed E-state index contributed by atoms with van der Waals surface area (Å²) in [5.41, 5.74) is 4.76. The van der Waals surface area contributed by atoms with E-state index in [9.17, 15) is 9.59 Å².